The van der Waals surface area contributed by atoms with Crippen molar-refractivity contribution < 1.29 is 22.7 Å². The summed E-state index contributed by atoms with van der Waals surface area (Å²) in [6.07, 6.45) is 0. The second-order valence-electron chi connectivity index (χ2n) is 5.77. The first-order chi connectivity index (χ1) is 12.3. The van der Waals surface area contributed by atoms with Crippen molar-refractivity contribution in [3.05, 3.63) is 69.6 Å². The lowest BCUT2D eigenvalue weighted by Crippen LogP contribution is -2.21. The van der Waals surface area contributed by atoms with E-state index < -0.39 is 29.8 Å². The van der Waals surface area contributed by atoms with Crippen molar-refractivity contribution in [3.63, 3.8) is 0 Å². The number of carbonyl (C=O) groups excluding carboxylic acids is 1. The maximum atomic E-state index is 13.5. The average Bonchev–Trinajstić information content (AvgIpc) is 2.58. The van der Waals surface area contributed by atoms with Crippen molar-refractivity contribution in [3.8, 4) is 5.75 Å². The highest BCUT2D eigenvalue weighted by molar-refractivity contribution is 5.92. The first kappa shape index (κ1) is 17.6. The molecular weight excluding hydrogens is 344 g/mol. The molecule has 0 aliphatic rings. The number of carbonyl (C=O) groups is 1. The van der Waals surface area contributed by atoms with E-state index in [4.69, 9.17) is 9.15 Å². The van der Waals surface area contributed by atoms with E-state index in [1.807, 2.05) is 0 Å². The Balaban J connectivity index is 1.77. The fraction of sp³-hybridized carbons (Fsp3) is 0.158. The van der Waals surface area contributed by atoms with Crippen molar-refractivity contribution in [2.75, 3.05) is 11.9 Å². The number of rotatable bonds is 4. The zero-order valence-corrected chi connectivity index (χ0v) is 14.1. The van der Waals surface area contributed by atoms with Crippen LogP contribution < -0.4 is 15.7 Å². The lowest BCUT2D eigenvalue weighted by molar-refractivity contribution is -0.118. The molecule has 1 aromatic heterocycles. The number of hydrogen-bond donors (Lipinski definition) is 1. The molecule has 0 unspecified atom stereocenters. The van der Waals surface area contributed by atoms with Crippen LogP contribution in [0.2, 0.25) is 0 Å². The molecule has 3 aromatic rings. The third-order valence-corrected chi connectivity index (χ3v) is 3.88. The minimum atomic E-state index is -0.751. The van der Waals surface area contributed by atoms with Gasteiger partial charge in [-0.05, 0) is 43.7 Å². The second kappa shape index (κ2) is 6.95. The van der Waals surface area contributed by atoms with E-state index in [-0.39, 0.29) is 5.69 Å². The third-order valence-electron chi connectivity index (χ3n) is 3.88. The van der Waals surface area contributed by atoms with Gasteiger partial charge in [-0.3, -0.25) is 4.79 Å². The quantitative estimate of drug-likeness (QED) is 0.721. The molecule has 1 N–H and O–H groups in total. The number of halogens is 2. The molecule has 0 fully saturated rings. The molecule has 0 saturated heterocycles. The van der Waals surface area contributed by atoms with Crippen LogP contribution in [0.15, 0.2) is 45.6 Å². The van der Waals surface area contributed by atoms with E-state index in [9.17, 15) is 18.4 Å². The van der Waals surface area contributed by atoms with Crippen LogP contribution in [0.4, 0.5) is 14.5 Å². The standard InChI is InChI=1S/C19H15F2NO4/c1-10-7-18(24)26-19-11(2)16(6-4-13(10)19)25-9-17(23)22-15-8-12(20)3-5-14(15)21/h3-8H,9H2,1-2H3,(H,22,23). The van der Waals surface area contributed by atoms with E-state index in [0.29, 0.717) is 16.9 Å². The zero-order chi connectivity index (χ0) is 18.8. The number of benzene rings is 2. The fourth-order valence-corrected chi connectivity index (χ4v) is 2.58. The first-order valence-electron chi connectivity index (χ1n) is 7.77. The van der Waals surface area contributed by atoms with Crippen LogP contribution in [0.5, 0.6) is 5.75 Å². The highest BCUT2D eigenvalue weighted by Crippen LogP contribution is 2.28. The summed E-state index contributed by atoms with van der Waals surface area (Å²) in [5.74, 6) is -1.72. The molecule has 26 heavy (non-hydrogen) atoms. The highest BCUT2D eigenvalue weighted by atomic mass is 19.1. The normalized spacial score (nSPS) is 10.8. The van der Waals surface area contributed by atoms with E-state index in [1.165, 1.54) is 6.07 Å². The number of hydrogen-bond acceptors (Lipinski definition) is 4. The van der Waals surface area contributed by atoms with E-state index in [2.05, 4.69) is 5.32 Å². The van der Waals surface area contributed by atoms with Gasteiger partial charge in [0.25, 0.3) is 5.91 Å². The van der Waals surface area contributed by atoms with Crippen molar-refractivity contribution in [2.45, 2.75) is 13.8 Å². The molecule has 0 saturated carbocycles. The molecule has 134 valence electrons. The maximum Gasteiger partial charge on any atom is 0.336 e. The Bertz CT molecular complexity index is 1060. The van der Waals surface area contributed by atoms with Gasteiger partial charge in [-0.1, -0.05) is 0 Å². The van der Waals surface area contributed by atoms with Crippen LogP contribution in [-0.4, -0.2) is 12.5 Å². The smallest absolute Gasteiger partial charge is 0.336 e. The Morgan fingerprint density at radius 2 is 1.92 bits per heavy atom. The molecule has 1 amide bonds. The molecule has 2 aromatic carbocycles. The number of amides is 1. The SMILES string of the molecule is Cc1cc(=O)oc2c(C)c(OCC(=O)Nc3cc(F)ccc3F)ccc12. The Labute approximate surface area is 147 Å². The van der Waals surface area contributed by atoms with Gasteiger partial charge in [0.05, 0.1) is 5.69 Å². The molecule has 0 radical (unpaired) electrons. The van der Waals surface area contributed by atoms with E-state index in [1.54, 1.807) is 26.0 Å². The second-order valence-corrected chi connectivity index (χ2v) is 5.77. The molecule has 0 aliphatic heterocycles. The van der Waals surface area contributed by atoms with Crippen molar-refractivity contribution >= 4 is 22.6 Å². The number of fused-ring (bicyclic) bond motifs is 1. The topological polar surface area (TPSA) is 68.5 Å². The van der Waals surface area contributed by atoms with Crippen LogP contribution in [-0.2, 0) is 4.79 Å². The van der Waals surface area contributed by atoms with Crippen LogP contribution in [0.3, 0.4) is 0 Å². The minimum Gasteiger partial charge on any atom is -0.483 e. The summed E-state index contributed by atoms with van der Waals surface area (Å²) >= 11 is 0. The highest BCUT2D eigenvalue weighted by Gasteiger charge is 2.13. The zero-order valence-electron chi connectivity index (χ0n) is 14.1. The monoisotopic (exact) mass is 359 g/mol. The van der Waals surface area contributed by atoms with Gasteiger partial charge in [0.15, 0.2) is 6.61 Å². The average molecular weight is 359 g/mol. The summed E-state index contributed by atoms with van der Waals surface area (Å²) < 4.78 is 37.3. The van der Waals surface area contributed by atoms with Gasteiger partial charge in [0.2, 0.25) is 0 Å². The first-order valence-corrected chi connectivity index (χ1v) is 7.77. The van der Waals surface area contributed by atoms with Crippen LogP contribution >= 0.6 is 0 Å². The van der Waals surface area contributed by atoms with Crippen molar-refractivity contribution in [1.82, 2.24) is 0 Å². The molecule has 7 heteroatoms. The van der Waals surface area contributed by atoms with Gasteiger partial charge in [-0.2, -0.15) is 0 Å². The number of aryl methyl sites for hydroxylation is 2. The van der Waals surface area contributed by atoms with Crippen LogP contribution in [0, 0.1) is 25.5 Å². The van der Waals surface area contributed by atoms with Crippen molar-refractivity contribution in [1.29, 1.82) is 0 Å². The Morgan fingerprint density at radius 1 is 1.15 bits per heavy atom. The molecule has 0 spiro atoms. The van der Waals surface area contributed by atoms with Crippen LogP contribution in [0.25, 0.3) is 11.0 Å². The van der Waals surface area contributed by atoms with Crippen molar-refractivity contribution in [2.24, 2.45) is 0 Å². The summed E-state index contributed by atoms with van der Waals surface area (Å²) in [6, 6.07) is 7.52. The molecule has 5 nitrogen and oxygen atoms in total. The summed E-state index contributed by atoms with van der Waals surface area (Å²) in [7, 11) is 0. The van der Waals surface area contributed by atoms with E-state index >= 15 is 0 Å². The van der Waals surface area contributed by atoms with Gasteiger partial charge < -0.3 is 14.5 Å². The number of nitrogens with one attached hydrogen (secondary N) is 1. The Hall–Kier alpha value is -3.22. The molecule has 1 heterocycles. The Morgan fingerprint density at radius 3 is 2.69 bits per heavy atom. The number of anilines is 1. The molecule has 0 atom stereocenters. The fourth-order valence-electron chi connectivity index (χ4n) is 2.58. The lowest BCUT2D eigenvalue weighted by atomic mass is 10.1. The van der Waals surface area contributed by atoms with Gasteiger partial charge in [-0.25, -0.2) is 13.6 Å². The summed E-state index contributed by atoms with van der Waals surface area (Å²) in [4.78, 5) is 23.5. The molecule has 3 rings (SSSR count). The molecule has 0 bridgehead atoms. The predicted molar refractivity (Wildman–Crippen MR) is 92.4 cm³/mol. The number of ether oxygens (including phenoxy) is 1. The lowest BCUT2D eigenvalue weighted by Gasteiger charge is -2.12. The van der Waals surface area contributed by atoms with Crippen LogP contribution in [0.1, 0.15) is 11.1 Å². The van der Waals surface area contributed by atoms with Gasteiger partial charge in [0, 0.05) is 23.1 Å². The maximum absolute atomic E-state index is 13.5. The summed E-state index contributed by atoms with van der Waals surface area (Å²) in [5.41, 5.74) is 0.965. The molecule has 0 aliphatic carbocycles. The summed E-state index contributed by atoms with van der Waals surface area (Å²) in [6.45, 7) is 3.07. The van der Waals surface area contributed by atoms with E-state index in [0.717, 1.165) is 29.1 Å². The summed E-state index contributed by atoms with van der Waals surface area (Å²) in [5, 5.41) is 3.01. The third kappa shape index (κ3) is 3.56. The largest absolute Gasteiger partial charge is 0.483 e. The minimum absolute atomic E-state index is 0.268. The van der Waals surface area contributed by atoms with Gasteiger partial charge in [0.1, 0.15) is 23.0 Å². The van der Waals surface area contributed by atoms with Gasteiger partial charge in [-0.15, -0.1) is 0 Å². The predicted octanol–water partition coefficient (Wildman–Crippen LogP) is 3.71. The van der Waals surface area contributed by atoms with Gasteiger partial charge >= 0.3 is 5.63 Å². The Kier molecular flexibility index (Phi) is 4.71. The molecular formula is C19H15F2NO4.